The second kappa shape index (κ2) is 8.28. The lowest BCUT2D eigenvalue weighted by atomic mass is 10.2. The number of hydrogen-bond donors (Lipinski definition) is 1. The number of methoxy groups -OCH3 is 1. The molecule has 2 aromatic carbocycles. The van der Waals surface area contributed by atoms with Crippen molar-refractivity contribution in [3.05, 3.63) is 64.2 Å². The van der Waals surface area contributed by atoms with Crippen molar-refractivity contribution in [1.29, 1.82) is 0 Å². The van der Waals surface area contributed by atoms with Gasteiger partial charge in [-0.15, -0.1) is 0 Å². The second-order valence-corrected chi connectivity index (χ2v) is 4.61. The average Bonchev–Trinajstić information content (AvgIpc) is 2.61. The fraction of sp³-hybridized carbons (Fsp3) is 0.125. The van der Waals surface area contributed by atoms with Crippen molar-refractivity contribution in [2.75, 3.05) is 13.7 Å². The van der Waals surface area contributed by atoms with Crippen LogP contribution in [0.1, 0.15) is 5.56 Å². The average molecular weight is 329 g/mol. The molecule has 1 N–H and O–H groups in total. The van der Waals surface area contributed by atoms with Gasteiger partial charge in [0.05, 0.1) is 18.2 Å². The van der Waals surface area contributed by atoms with Gasteiger partial charge in [0.15, 0.2) is 6.61 Å². The molecule has 0 aliphatic rings. The Hall–Kier alpha value is -3.42. The highest BCUT2D eigenvalue weighted by molar-refractivity contribution is 5.83. The van der Waals surface area contributed by atoms with Crippen molar-refractivity contribution in [1.82, 2.24) is 5.43 Å². The van der Waals surface area contributed by atoms with Gasteiger partial charge in [0.1, 0.15) is 11.5 Å². The number of nitrogens with zero attached hydrogens (tertiary/aromatic N) is 2. The van der Waals surface area contributed by atoms with Gasteiger partial charge >= 0.3 is 0 Å². The van der Waals surface area contributed by atoms with Gasteiger partial charge in [-0.2, -0.15) is 5.10 Å². The monoisotopic (exact) mass is 329 g/mol. The first-order chi connectivity index (χ1) is 11.6. The Kier molecular flexibility index (Phi) is 5.84. The Morgan fingerprint density at radius 2 is 1.79 bits per heavy atom. The van der Waals surface area contributed by atoms with Crippen LogP contribution in [-0.4, -0.2) is 30.8 Å². The highest BCUT2D eigenvalue weighted by Gasteiger charge is 2.06. The molecule has 124 valence electrons. The summed E-state index contributed by atoms with van der Waals surface area (Å²) in [5, 5.41) is 14.3. The van der Waals surface area contributed by atoms with Gasteiger partial charge in [-0.1, -0.05) is 0 Å². The third-order valence-electron chi connectivity index (χ3n) is 2.94. The number of ether oxygens (including phenoxy) is 2. The molecule has 8 nitrogen and oxygen atoms in total. The number of nitro benzene ring substituents is 1. The minimum atomic E-state index is -0.510. The Labute approximate surface area is 137 Å². The van der Waals surface area contributed by atoms with E-state index in [1.807, 2.05) is 0 Å². The molecular formula is C16H15N3O5. The minimum absolute atomic E-state index is 0.0455. The van der Waals surface area contributed by atoms with Gasteiger partial charge < -0.3 is 9.47 Å². The summed E-state index contributed by atoms with van der Waals surface area (Å²) in [4.78, 5) is 21.6. The highest BCUT2D eigenvalue weighted by atomic mass is 16.6. The van der Waals surface area contributed by atoms with Crippen LogP contribution in [0.4, 0.5) is 5.69 Å². The zero-order chi connectivity index (χ0) is 17.4. The Morgan fingerprint density at radius 3 is 2.38 bits per heavy atom. The van der Waals surface area contributed by atoms with Gasteiger partial charge in [0.2, 0.25) is 0 Å². The maximum atomic E-state index is 11.6. The molecule has 2 aromatic rings. The van der Waals surface area contributed by atoms with Crippen molar-refractivity contribution in [2.24, 2.45) is 5.10 Å². The van der Waals surface area contributed by atoms with Crippen molar-refractivity contribution in [2.45, 2.75) is 0 Å². The van der Waals surface area contributed by atoms with Crippen molar-refractivity contribution in [3.8, 4) is 11.5 Å². The smallest absolute Gasteiger partial charge is 0.277 e. The van der Waals surface area contributed by atoms with Crippen LogP contribution < -0.4 is 14.9 Å². The molecule has 0 unspecified atom stereocenters. The molecule has 0 fully saturated rings. The topological polar surface area (TPSA) is 103 Å². The summed E-state index contributed by atoms with van der Waals surface area (Å²) in [7, 11) is 1.58. The molecule has 0 bridgehead atoms. The predicted molar refractivity (Wildman–Crippen MR) is 87.3 cm³/mol. The first-order valence-electron chi connectivity index (χ1n) is 6.91. The van der Waals surface area contributed by atoms with Gasteiger partial charge in [-0.25, -0.2) is 5.43 Å². The molecule has 2 rings (SSSR count). The van der Waals surface area contributed by atoms with Crippen LogP contribution >= 0.6 is 0 Å². The number of non-ortho nitro benzene ring substituents is 1. The molecule has 0 radical (unpaired) electrons. The van der Waals surface area contributed by atoms with E-state index in [0.717, 1.165) is 11.3 Å². The van der Waals surface area contributed by atoms with Crippen molar-refractivity contribution >= 4 is 17.8 Å². The lowest BCUT2D eigenvalue weighted by Crippen LogP contribution is -2.24. The normalized spacial score (nSPS) is 10.4. The summed E-state index contributed by atoms with van der Waals surface area (Å²) in [6.45, 7) is -0.252. The first kappa shape index (κ1) is 16.9. The van der Waals surface area contributed by atoms with E-state index in [-0.39, 0.29) is 12.3 Å². The molecular weight excluding hydrogens is 314 g/mol. The maximum Gasteiger partial charge on any atom is 0.277 e. The third-order valence-corrected chi connectivity index (χ3v) is 2.94. The van der Waals surface area contributed by atoms with E-state index in [4.69, 9.17) is 9.47 Å². The number of nitro groups is 1. The van der Waals surface area contributed by atoms with Crippen LogP contribution in [0.25, 0.3) is 0 Å². The fourth-order valence-electron chi connectivity index (χ4n) is 1.71. The Balaban J connectivity index is 1.78. The van der Waals surface area contributed by atoms with Gasteiger partial charge in [-0.3, -0.25) is 14.9 Å². The van der Waals surface area contributed by atoms with E-state index >= 15 is 0 Å². The quantitative estimate of drug-likeness (QED) is 0.476. The number of hydrazone groups is 1. The number of benzene rings is 2. The minimum Gasteiger partial charge on any atom is -0.497 e. The van der Waals surface area contributed by atoms with E-state index in [0.29, 0.717) is 5.75 Å². The van der Waals surface area contributed by atoms with Crippen LogP contribution in [0.5, 0.6) is 11.5 Å². The molecule has 8 heteroatoms. The van der Waals surface area contributed by atoms with E-state index in [1.165, 1.54) is 30.5 Å². The zero-order valence-electron chi connectivity index (χ0n) is 12.8. The molecule has 0 heterocycles. The van der Waals surface area contributed by atoms with E-state index in [9.17, 15) is 14.9 Å². The van der Waals surface area contributed by atoms with Gasteiger partial charge in [0, 0.05) is 12.1 Å². The SMILES string of the molecule is COc1ccc(C=NNC(=O)COc2ccc([N+](=O)[O-])cc2)cc1. The number of nitrogens with one attached hydrogen (secondary N) is 1. The lowest BCUT2D eigenvalue weighted by Gasteiger charge is -2.04. The van der Waals surface area contributed by atoms with Crippen molar-refractivity contribution < 1.29 is 19.2 Å². The maximum absolute atomic E-state index is 11.6. The number of carbonyl (C=O) groups is 1. The molecule has 24 heavy (non-hydrogen) atoms. The fourth-order valence-corrected chi connectivity index (χ4v) is 1.71. The summed E-state index contributed by atoms with van der Waals surface area (Å²) in [5.74, 6) is 0.640. The van der Waals surface area contributed by atoms with E-state index in [2.05, 4.69) is 10.5 Å². The molecule has 0 saturated carbocycles. The number of amides is 1. The van der Waals surface area contributed by atoms with Gasteiger partial charge in [0.25, 0.3) is 11.6 Å². The lowest BCUT2D eigenvalue weighted by molar-refractivity contribution is -0.384. The molecule has 1 amide bonds. The first-order valence-corrected chi connectivity index (χ1v) is 6.91. The zero-order valence-corrected chi connectivity index (χ0v) is 12.8. The largest absolute Gasteiger partial charge is 0.497 e. The van der Waals surface area contributed by atoms with Crippen LogP contribution in [0, 0.1) is 10.1 Å². The summed E-state index contributed by atoms with van der Waals surface area (Å²) in [5.41, 5.74) is 3.08. The molecule has 0 spiro atoms. The van der Waals surface area contributed by atoms with Crippen LogP contribution in [-0.2, 0) is 4.79 Å². The Bertz CT molecular complexity index is 726. The summed E-state index contributed by atoms with van der Waals surface area (Å²) in [6, 6.07) is 12.6. The summed E-state index contributed by atoms with van der Waals surface area (Å²) < 4.78 is 10.2. The Morgan fingerprint density at radius 1 is 1.17 bits per heavy atom. The van der Waals surface area contributed by atoms with E-state index in [1.54, 1.807) is 31.4 Å². The molecule has 0 atom stereocenters. The number of carbonyl (C=O) groups excluding carboxylic acids is 1. The van der Waals surface area contributed by atoms with Crippen LogP contribution in [0.2, 0.25) is 0 Å². The van der Waals surface area contributed by atoms with Crippen molar-refractivity contribution in [3.63, 3.8) is 0 Å². The molecule has 0 aliphatic carbocycles. The molecule has 0 saturated heterocycles. The molecule has 0 aliphatic heterocycles. The summed E-state index contributed by atoms with van der Waals surface area (Å²) >= 11 is 0. The van der Waals surface area contributed by atoms with Crippen LogP contribution in [0.15, 0.2) is 53.6 Å². The van der Waals surface area contributed by atoms with Crippen LogP contribution in [0.3, 0.4) is 0 Å². The highest BCUT2D eigenvalue weighted by Crippen LogP contribution is 2.17. The molecule has 0 aromatic heterocycles. The second-order valence-electron chi connectivity index (χ2n) is 4.61. The number of hydrogen-bond acceptors (Lipinski definition) is 6. The number of rotatable bonds is 7. The third kappa shape index (κ3) is 5.09. The predicted octanol–water partition coefficient (Wildman–Crippen LogP) is 2.13. The van der Waals surface area contributed by atoms with Gasteiger partial charge in [-0.05, 0) is 42.0 Å². The van der Waals surface area contributed by atoms with E-state index < -0.39 is 10.8 Å². The summed E-state index contributed by atoms with van der Waals surface area (Å²) in [6.07, 6.45) is 1.49. The standard InChI is InChI=1S/C16H15N3O5/c1-23-14-6-2-12(3-7-14)10-17-18-16(20)11-24-15-8-4-13(5-9-15)19(21)22/h2-10H,11H2,1H3,(H,18,20).